The standard InChI is InChI=1S/C22H30N4O2/c1-5-25(6-2)13-14-26-20-10-8-7-9-19(20)24-22(26)23-16-17-15-18(27-3)11-12-21(17)28-4/h7-12,15H,5-6,13-14,16H2,1-4H3,(H,23,24)/p+2. The van der Waals surface area contributed by atoms with Gasteiger partial charge in [0, 0.05) is 5.56 Å². The number of para-hydroxylation sites is 2. The zero-order chi connectivity index (χ0) is 19.9. The highest BCUT2D eigenvalue weighted by Crippen LogP contribution is 2.24. The number of aromatic amines is 1. The van der Waals surface area contributed by atoms with Crippen LogP contribution in [0.1, 0.15) is 19.4 Å². The molecule has 28 heavy (non-hydrogen) atoms. The Morgan fingerprint density at radius 3 is 2.54 bits per heavy atom. The van der Waals surface area contributed by atoms with E-state index >= 15 is 0 Å². The molecule has 0 aliphatic heterocycles. The zero-order valence-corrected chi connectivity index (χ0v) is 17.3. The lowest BCUT2D eigenvalue weighted by Gasteiger charge is -2.15. The molecule has 6 heteroatoms. The fourth-order valence-corrected chi connectivity index (χ4v) is 3.57. The van der Waals surface area contributed by atoms with Crippen LogP contribution in [-0.2, 0) is 13.1 Å². The maximum atomic E-state index is 5.51. The van der Waals surface area contributed by atoms with E-state index in [9.17, 15) is 0 Å². The number of nitrogens with zero attached hydrogens (tertiary/aromatic N) is 1. The van der Waals surface area contributed by atoms with Gasteiger partial charge in [0.15, 0.2) is 0 Å². The molecule has 0 saturated heterocycles. The van der Waals surface area contributed by atoms with Crippen molar-refractivity contribution in [3.8, 4) is 11.5 Å². The molecule has 0 unspecified atom stereocenters. The molecule has 2 aromatic carbocycles. The number of rotatable bonds is 10. The number of ether oxygens (including phenoxy) is 2. The van der Waals surface area contributed by atoms with E-state index in [2.05, 4.69) is 53.0 Å². The number of methoxy groups -OCH3 is 2. The fraction of sp³-hybridized carbons (Fsp3) is 0.409. The van der Waals surface area contributed by atoms with Gasteiger partial charge in [0.1, 0.15) is 35.6 Å². The van der Waals surface area contributed by atoms with Crippen molar-refractivity contribution in [3.05, 3.63) is 48.0 Å². The lowest BCUT2D eigenvalue weighted by molar-refractivity contribution is -0.913. The monoisotopic (exact) mass is 384 g/mol. The first kappa shape index (κ1) is 20.0. The number of likely N-dealkylation sites (N-methyl/N-ethyl adjacent to an activating group) is 1. The van der Waals surface area contributed by atoms with Crippen LogP contribution in [-0.4, -0.2) is 38.8 Å². The lowest BCUT2D eigenvalue weighted by Crippen LogP contribution is -3.12. The number of anilines is 1. The van der Waals surface area contributed by atoms with Crippen LogP contribution < -0.4 is 24.3 Å². The molecule has 3 aromatic rings. The molecule has 0 fully saturated rings. The second kappa shape index (κ2) is 9.46. The van der Waals surface area contributed by atoms with Crippen LogP contribution >= 0.6 is 0 Å². The average molecular weight is 385 g/mol. The number of hydrogen-bond donors (Lipinski definition) is 3. The van der Waals surface area contributed by atoms with Crippen LogP contribution in [0.25, 0.3) is 11.0 Å². The molecule has 0 radical (unpaired) electrons. The summed E-state index contributed by atoms with van der Waals surface area (Å²) in [5, 5.41) is 3.57. The van der Waals surface area contributed by atoms with Crippen molar-refractivity contribution in [2.45, 2.75) is 26.9 Å². The summed E-state index contributed by atoms with van der Waals surface area (Å²) >= 11 is 0. The molecule has 150 valence electrons. The number of hydrogen-bond acceptors (Lipinski definition) is 3. The third-order valence-electron chi connectivity index (χ3n) is 5.34. The van der Waals surface area contributed by atoms with Gasteiger partial charge < -0.3 is 14.4 Å². The van der Waals surface area contributed by atoms with Crippen LogP contribution in [0.15, 0.2) is 42.5 Å². The number of benzene rings is 2. The minimum Gasteiger partial charge on any atom is -0.497 e. The molecule has 1 heterocycles. The van der Waals surface area contributed by atoms with Crippen molar-refractivity contribution in [2.75, 3.05) is 39.2 Å². The van der Waals surface area contributed by atoms with Gasteiger partial charge in [-0.25, -0.2) is 9.55 Å². The van der Waals surface area contributed by atoms with Gasteiger partial charge in [-0.2, -0.15) is 0 Å². The molecular weight excluding hydrogens is 352 g/mol. The number of H-pyrrole nitrogens is 1. The molecule has 3 N–H and O–H groups in total. The van der Waals surface area contributed by atoms with Gasteiger partial charge >= 0.3 is 5.95 Å². The van der Waals surface area contributed by atoms with Crippen LogP contribution in [0.2, 0.25) is 0 Å². The molecule has 3 rings (SSSR count). The third-order valence-corrected chi connectivity index (χ3v) is 5.34. The highest BCUT2D eigenvalue weighted by atomic mass is 16.5. The number of imidazole rings is 1. The molecular formula is C22H32N4O2+2. The van der Waals surface area contributed by atoms with Gasteiger partial charge in [0.25, 0.3) is 0 Å². The molecule has 0 amide bonds. The van der Waals surface area contributed by atoms with Crippen LogP contribution in [0.4, 0.5) is 5.95 Å². The Bertz CT molecular complexity index is 903. The number of quaternary nitrogens is 1. The van der Waals surface area contributed by atoms with E-state index in [-0.39, 0.29) is 0 Å². The molecule has 0 aliphatic carbocycles. The number of nitrogens with one attached hydrogen (secondary N) is 3. The first-order chi connectivity index (χ1) is 13.7. The molecule has 0 atom stereocenters. The molecule has 1 aromatic heterocycles. The van der Waals surface area contributed by atoms with Crippen molar-refractivity contribution in [2.24, 2.45) is 0 Å². The van der Waals surface area contributed by atoms with Crippen LogP contribution in [0, 0.1) is 0 Å². The zero-order valence-electron chi connectivity index (χ0n) is 17.3. The van der Waals surface area contributed by atoms with Crippen molar-refractivity contribution >= 4 is 17.0 Å². The highest BCUT2D eigenvalue weighted by molar-refractivity contribution is 5.72. The maximum absolute atomic E-state index is 5.51. The van der Waals surface area contributed by atoms with Gasteiger partial charge in [-0.1, -0.05) is 12.1 Å². The predicted octanol–water partition coefficient (Wildman–Crippen LogP) is 2.01. The maximum Gasteiger partial charge on any atom is 0.356 e. The Labute approximate surface area is 167 Å². The topological polar surface area (TPSA) is 54.6 Å². The summed E-state index contributed by atoms with van der Waals surface area (Å²) in [6.07, 6.45) is 0. The van der Waals surface area contributed by atoms with E-state index in [1.807, 2.05) is 18.2 Å². The Morgan fingerprint density at radius 1 is 1.04 bits per heavy atom. The van der Waals surface area contributed by atoms with Gasteiger partial charge in [-0.3, -0.25) is 5.32 Å². The summed E-state index contributed by atoms with van der Waals surface area (Å²) in [5.74, 6) is 2.69. The Morgan fingerprint density at radius 2 is 1.82 bits per heavy atom. The van der Waals surface area contributed by atoms with Crippen molar-refractivity contribution in [1.29, 1.82) is 0 Å². The van der Waals surface area contributed by atoms with Gasteiger partial charge in [0.2, 0.25) is 0 Å². The summed E-state index contributed by atoms with van der Waals surface area (Å²) in [6, 6.07) is 14.3. The summed E-state index contributed by atoms with van der Waals surface area (Å²) in [6.45, 7) is 9.47. The summed E-state index contributed by atoms with van der Waals surface area (Å²) in [7, 11) is 3.38. The van der Waals surface area contributed by atoms with Crippen molar-refractivity contribution < 1.29 is 18.9 Å². The summed E-state index contributed by atoms with van der Waals surface area (Å²) < 4.78 is 13.2. The minimum atomic E-state index is 0.644. The van der Waals surface area contributed by atoms with E-state index in [1.165, 1.54) is 5.52 Å². The second-order valence-corrected chi connectivity index (χ2v) is 6.88. The average Bonchev–Trinajstić information content (AvgIpc) is 3.10. The van der Waals surface area contributed by atoms with E-state index in [0.717, 1.165) is 54.7 Å². The fourth-order valence-electron chi connectivity index (χ4n) is 3.57. The summed E-state index contributed by atoms with van der Waals surface area (Å²) in [5.41, 5.74) is 3.41. The largest absolute Gasteiger partial charge is 0.497 e. The van der Waals surface area contributed by atoms with Gasteiger partial charge in [0.05, 0.1) is 33.9 Å². The Balaban J connectivity index is 1.85. The lowest BCUT2D eigenvalue weighted by atomic mass is 10.2. The first-order valence-electron chi connectivity index (χ1n) is 9.99. The van der Waals surface area contributed by atoms with Crippen LogP contribution in [0.3, 0.4) is 0 Å². The quantitative estimate of drug-likeness (QED) is 0.469. The Hall–Kier alpha value is -2.73. The smallest absolute Gasteiger partial charge is 0.356 e. The summed E-state index contributed by atoms with van der Waals surface area (Å²) in [4.78, 5) is 5.13. The molecule has 0 aliphatic rings. The first-order valence-corrected chi connectivity index (χ1v) is 9.99. The van der Waals surface area contributed by atoms with E-state index in [0.29, 0.717) is 6.54 Å². The molecule has 0 spiro atoms. The van der Waals surface area contributed by atoms with Crippen LogP contribution in [0.5, 0.6) is 11.5 Å². The normalized spacial score (nSPS) is 11.2. The van der Waals surface area contributed by atoms with E-state index in [1.54, 1.807) is 19.1 Å². The Kier molecular flexibility index (Phi) is 6.76. The predicted molar refractivity (Wildman–Crippen MR) is 112 cm³/mol. The molecule has 0 bridgehead atoms. The second-order valence-electron chi connectivity index (χ2n) is 6.88. The number of aromatic nitrogens is 2. The SMILES string of the molecule is CC[NH+](CC)CC[n+]1c(NCc2cc(OC)ccc2OC)[nH]c2ccccc21. The number of fused-ring (bicyclic) bond motifs is 1. The van der Waals surface area contributed by atoms with Gasteiger partial charge in [-0.05, 0) is 44.2 Å². The van der Waals surface area contributed by atoms with E-state index < -0.39 is 0 Å². The third kappa shape index (κ3) is 4.39. The molecule has 0 saturated carbocycles. The van der Waals surface area contributed by atoms with Crippen molar-refractivity contribution in [1.82, 2.24) is 4.98 Å². The minimum absolute atomic E-state index is 0.644. The van der Waals surface area contributed by atoms with E-state index in [4.69, 9.17) is 9.47 Å². The van der Waals surface area contributed by atoms with Gasteiger partial charge in [-0.15, -0.1) is 0 Å². The van der Waals surface area contributed by atoms with Crippen molar-refractivity contribution in [3.63, 3.8) is 0 Å². The molecule has 6 nitrogen and oxygen atoms in total. The highest BCUT2D eigenvalue weighted by Gasteiger charge is 2.19.